The third-order valence-electron chi connectivity index (χ3n) is 3.41. The Hall–Kier alpha value is -2.18. The highest BCUT2D eigenvalue weighted by Crippen LogP contribution is 2.11. The summed E-state index contributed by atoms with van der Waals surface area (Å²) in [7, 11) is 1.63. The summed E-state index contributed by atoms with van der Waals surface area (Å²) in [6.07, 6.45) is 1.58. The van der Waals surface area contributed by atoms with E-state index in [9.17, 15) is 9.18 Å². The van der Waals surface area contributed by atoms with E-state index in [2.05, 4.69) is 0 Å². The van der Waals surface area contributed by atoms with Crippen LogP contribution in [0.2, 0.25) is 0 Å². The molecule has 5 nitrogen and oxygen atoms in total. The van der Waals surface area contributed by atoms with E-state index in [0.717, 1.165) is 17.9 Å². The lowest BCUT2D eigenvalue weighted by molar-refractivity contribution is -0.646. The Morgan fingerprint density at radius 3 is 2.70 bits per heavy atom. The first kappa shape index (κ1) is 17.2. The predicted octanol–water partition coefficient (Wildman–Crippen LogP) is 1.16. The lowest BCUT2D eigenvalue weighted by Crippen LogP contribution is -2.87. The number of nitrogens with two attached hydrogens (primary N) is 1. The van der Waals surface area contributed by atoms with E-state index in [1.54, 1.807) is 36.5 Å². The zero-order valence-electron chi connectivity index (χ0n) is 13.2. The molecule has 6 heteroatoms. The molecule has 2 N–H and O–H groups in total. The first-order valence-electron chi connectivity index (χ1n) is 7.54. The van der Waals surface area contributed by atoms with Gasteiger partial charge in [-0.15, -0.1) is 0 Å². The molecule has 0 aliphatic rings. The number of carbonyl (C=O) groups excluding carboxylic acids is 1. The number of methoxy groups -OCH3 is 1. The van der Waals surface area contributed by atoms with E-state index in [1.165, 1.54) is 12.1 Å². The number of benzene rings is 1. The molecule has 1 amide bonds. The van der Waals surface area contributed by atoms with Crippen LogP contribution in [0, 0.1) is 5.82 Å². The minimum atomic E-state index is -0.287. The molecule has 0 radical (unpaired) electrons. The average Bonchev–Trinajstić information content (AvgIpc) is 3.06. The summed E-state index contributed by atoms with van der Waals surface area (Å²) < 4.78 is 23.3. The Morgan fingerprint density at radius 2 is 2.04 bits per heavy atom. The van der Waals surface area contributed by atoms with Gasteiger partial charge in [-0.05, 0) is 29.8 Å². The van der Waals surface area contributed by atoms with Crippen LogP contribution in [0.1, 0.15) is 11.3 Å². The van der Waals surface area contributed by atoms with Crippen molar-refractivity contribution in [3.8, 4) is 0 Å². The van der Waals surface area contributed by atoms with Crippen molar-refractivity contribution in [2.45, 2.75) is 13.1 Å². The van der Waals surface area contributed by atoms with Crippen LogP contribution in [0.15, 0.2) is 47.1 Å². The first-order valence-corrected chi connectivity index (χ1v) is 7.54. The quantitative estimate of drug-likeness (QED) is 0.705. The van der Waals surface area contributed by atoms with Crippen molar-refractivity contribution in [3.63, 3.8) is 0 Å². The summed E-state index contributed by atoms with van der Waals surface area (Å²) in [5, 5.41) is 1.91. The Kier molecular flexibility index (Phi) is 6.77. The lowest BCUT2D eigenvalue weighted by Gasteiger charge is -2.21. The minimum Gasteiger partial charge on any atom is -0.467 e. The standard InChI is InChI=1S/C17H21FN2O3/c1-22-10-8-19-11-17(21)20(13-16-3-2-9-23-16)12-14-4-6-15(18)7-5-14/h2-7,9,19H,8,10-13H2,1H3/p+1. The topological polar surface area (TPSA) is 59.3 Å². The summed E-state index contributed by atoms with van der Waals surface area (Å²) >= 11 is 0. The molecule has 124 valence electrons. The zero-order valence-corrected chi connectivity index (χ0v) is 13.2. The third kappa shape index (κ3) is 5.84. The molecule has 1 aromatic heterocycles. The van der Waals surface area contributed by atoms with Crippen molar-refractivity contribution in [1.82, 2.24) is 4.90 Å². The first-order chi connectivity index (χ1) is 11.2. The Labute approximate surface area is 135 Å². The van der Waals surface area contributed by atoms with Crippen molar-refractivity contribution in [1.29, 1.82) is 0 Å². The Bertz CT molecular complexity index is 584. The van der Waals surface area contributed by atoms with E-state index < -0.39 is 0 Å². The number of carbonyl (C=O) groups is 1. The smallest absolute Gasteiger partial charge is 0.278 e. The molecule has 2 rings (SSSR count). The van der Waals surface area contributed by atoms with Crippen molar-refractivity contribution >= 4 is 5.91 Å². The fraction of sp³-hybridized carbons (Fsp3) is 0.353. The number of hydrogen-bond donors (Lipinski definition) is 1. The maximum Gasteiger partial charge on any atom is 0.278 e. The van der Waals surface area contributed by atoms with Gasteiger partial charge in [0, 0.05) is 13.7 Å². The van der Waals surface area contributed by atoms with Crippen LogP contribution in [-0.2, 0) is 22.6 Å². The van der Waals surface area contributed by atoms with Gasteiger partial charge >= 0.3 is 0 Å². The van der Waals surface area contributed by atoms with Crippen molar-refractivity contribution < 1.29 is 23.7 Å². The molecule has 0 bridgehead atoms. The van der Waals surface area contributed by atoms with Gasteiger partial charge in [0.25, 0.3) is 5.91 Å². The Balaban J connectivity index is 1.98. The van der Waals surface area contributed by atoms with Gasteiger partial charge in [-0.2, -0.15) is 0 Å². The molecule has 1 aromatic carbocycles. The van der Waals surface area contributed by atoms with Crippen molar-refractivity contribution in [2.75, 3.05) is 26.8 Å². The molecular weight excluding hydrogens is 299 g/mol. The maximum absolute atomic E-state index is 13.0. The van der Waals surface area contributed by atoms with Crippen molar-refractivity contribution in [3.05, 3.63) is 59.8 Å². The summed E-state index contributed by atoms with van der Waals surface area (Å²) in [5.74, 6) is 0.435. The number of nitrogens with zero attached hydrogens (tertiary/aromatic N) is 1. The van der Waals surface area contributed by atoms with Gasteiger partial charge in [-0.1, -0.05) is 12.1 Å². The second kappa shape index (κ2) is 9.07. The highest BCUT2D eigenvalue weighted by Gasteiger charge is 2.17. The molecule has 23 heavy (non-hydrogen) atoms. The highest BCUT2D eigenvalue weighted by atomic mass is 19.1. The van der Waals surface area contributed by atoms with Gasteiger partial charge < -0.3 is 19.4 Å². The summed E-state index contributed by atoms with van der Waals surface area (Å²) in [5.41, 5.74) is 0.878. The second-order valence-corrected chi connectivity index (χ2v) is 5.23. The number of halogens is 1. The molecule has 0 aliphatic carbocycles. The molecule has 2 aromatic rings. The number of quaternary nitrogens is 1. The molecule has 0 saturated carbocycles. The monoisotopic (exact) mass is 321 g/mol. The average molecular weight is 321 g/mol. The van der Waals surface area contributed by atoms with Crippen LogP contribution in [0.4, 0.5) is 4.39 Å². The van der Waals surface area contributed by atoms with Crippen LogP contribution in [-0.4, -0.2) is 37.6 Å². The summed E-state index contributed by atoms with van der Waals surface area (Å²) in [6, 6.07) is 9.80. The van der Waals surface area contributed by atoms with E-state index in [0.29, 0.717) is 26.2 Å². The predicted molar refractivity (Wildman–Crippen MR) is 82.9 cm³/mol. The second-order valence-electron chi connectivity index (χ2n) is 5.23. The molecular formula is C17H22FN2O3+. The molecule has 0 atom stereocenters. The van der Waals surface area contributed by atoms with E-state index >= 15 is 0 Å². The van der Waals surface area contributed by atoms with Gasteiger partial charge in [-0.25, -0.2) is 4.39 Å². The zero-order chi connectivity index (χ0) is 16.5. The summed E-state index contributed by atoms with van der Waals surface area (Å²) in [6.45, 7) is 2.47. The largest absolute Gasteiger partial charge is 0.467 e. The summed E-state index contributed by atoms with van der Waals surface area (Å²) in [4.78, 5) is 14.1. The van der Waals surface area contributed by atoms with Crippen LogP contribution >= 0.6 is 0 Å². The van der Waals surface area contributed by atoms with Gasteiger partial charge in [0.2, 0.25) is 0 Å². The maximum atomic E-state index is 13.0. The fourth-order valence-electron chi connectivity index (χ4n) is 2.19. The highest BCUT2D eigenvalue weighted by molar-refractivity contribution is 5.76. The van der Waals surface area contributed by atoms with Crippen LogP contribution < -0.4 is 5.32 Å². The van der Waals surface area contributed by atoms with E-state index in [1.807, 2.05) is 11.4 Å². The third-order valence-corrected chi connectivity index (χ3v) is 3.41. The minimum absolute atomic E-state index is 0.00169. The molecule has 0 fully saturated rings. The van der Waals surface area contributed by atoms with E-state index in [-0.39, 0.29) is 11.7 Å². The molecule has 1 heterocycles. The van der Waals surface area contributed by atoms with Gasteiger partial charge in [0.15, 0.2) is 6.54 Å². The number of amides is 1. The number of furan rings is 1. The Morgan fingerprint density at radius 1 is 1.26 bits per heavy atom. The molecule has 0 saturated heterocycles. The van der Waals surface area contributed by atoms with Crippen LogP contribution in [0.25, 0.3) is 0 Å². The lowest BCUT2D eigenvalue weighted by atomic mass is 10.2. The molecule has 0 unspecified atom stereocenters. The van der Waals surface area contributed by atoms with Gasteiger partial charge in [0.05, 0.1) is 26.0 Å². The van der Waals surface area contributed by atoms with Crippen molar-refractivity contribution in [2.24, 2.45) is 0 Å². The van der Waals surface area contributed by atoms with Crippen LogP contribution in [0.3, 0.4) is 0 Å². The van der Waals surface area contributed by atoms with Crippen LogP contribution in [0.5, 0.6) is 0 Å². The molecule has 0 spiro atoms. The van der Waals surface area contributed by atoms with Gasteiger partial charge in [0.1, 0.15) is 11.6 Å². The van der Waals surface area contributed by atoms with Gasteiger partial charge in [-0.3, -0.25) is 4.79 Å². The molecule has 0 aliphatic heterocycles. The SMILES string of the molecule is COCC[NH2+]CC(=O)N(Cc1ccc(F)cc1)Cc1ccco1. The number of rotatable bonds is 9. The number of hydrogen-bond acceptors (Lipinski definition) is 3. The fourth-order valence-corrected chi connectivity index (χ4v) is 2.19. The van der Waals surface area contributed by atoms with E-state index in [4.69, 9.17) is 9.15 Å². The number of ether oxygens (including phenoxy) is 1. The normalized spacial score (nSPS) is 10.7.